The Balaban J connectivity index is 1.37. The van der Waals surface area contributed by atoms with Gasteiger partial charge in [-0.1, -0.05) is 103 Å². The fourth-order valence-electron chi connectivity index (χ4n) is 4.30. The Labute approximate surface area is 217 Å². The highest BCUT2D eigenvalue weighted by atomic mass is 31.2. The lowest BCUT2D eigenvalue weighted by Gasteiger charge is -2.13. The van der Waals surface area contributed by atoms with Crippen LogP contribution >= 0.6 is 7.60 Å². The molecule has 0 bridgehead atoms. The van der Waals surface area contributed by atoms with Crippen molar-refractivity contribution in [2.45, 2.75) is 116 Å². The van der Waals surface area contributed by atoms with E-state index in [-0.39, 0.29) is 19.6 Å². The predicted octanol–water partition coefficient (Wildman–Crippen LogP) is 6.85. The first-order valence-electron chi connectivity index (χ1n) is 14.0. The van der Waals surface area contributed by atoms with Crippen LogP contribution in [-0.2, 0) is 20.4 Å². The molecule has 0 radical (unpaired) electrons. The normalized spacial score (nSPS) is 13.4. The highest BCUT2D eigenvalue weighted by Gasteiger charge is 2.19. The zero-order valence-electron chi connectivity index (χ0n) is 22.3. The van der Waals surface area contributed by atoms with Gasteiger partial charge in [0.25, 0.3) is 0 Å². The molecule has 3 N–H and O–H groups in total. The number of fused-ring (bicyclic) bond motifs is 1. The van der Waals surface area contributed by atoms with E-state index in [0.29, 0.717) is 23.5 Å². The SMILES string of the molecule is CCCCCCCCCCCCCCCCCCOP(=O)(O)COCCn1cnc2c(N)ncnc21. The van der Waals surface area contributed by atoms with Gasteiger partial charge in [0.1, 0.15) is 18.2 Å². The van der Waals surface area contributed by atoms with Crippen LogP contribution in [0.25, 0.3) is 11.2 Å². The summed E-state index contributed by atoms with van der Waals surface area (Å²) in [5.74, 6) is 0.321. The van der Waals surface area contributed by atoms with Crippen molar-refractivity contribution in [2.75, 3.05) is 25.3 Å². The van der Waals surface area contributed by atoms with Crippen molar-refractivity contribution in [1.29, 1.82) is 0 Å². The molecule has 1 unspecified atom stereocenters. The molecule has 0 fully saturated rings. The van der Waals surface area contributed by atoms with Crippen LogP contribution in [0, 0.1) is 0 Å². The van der Waals surface area contributed by atoms with E-state index in [2.05, 4.69) is 21.9 Å². The minimum atomic E-state index is -3.74. The lowest BCUT2D eigenvalue weighted by molar-refractivity contribution is 0.137. The summed E-state index contributed by atoms with van der Waals surface area (Å²) in [6.07, 6.45) is 23.4. The van der Waals surface area contributed by atoms with Crippen LogP contribution in [-0.4, -0.2) is 44.0 Å². The molecule has 2 rings (SSSR count). The third-order valence-electron chi connectivity index (χ3n) is 6.45. The third-order valence-corrected chi connectivity index (χ3v) is 7.55. The van der Waals surface area contributed by atoms with E-state index in [1.54, 1.807) is 10.9 Å². The van der Waals surface area contributed by atoms with Gasteiger partial charge in [-0.2, -0.15) is 0 Å². The van der Waals surface area contributed by atoms with Crippen molar-refractivity contribution in [3.8, 4) is 0 Å². The Morgan fingerprint density at radius 3 is 1.97 bits per heavy atom. The Morgan fingerprint density at radius 1 is 0.833 bits per heavy atom. The molecule has 36 heavy (non-hydrogen) atoms. The molecule has 0 aliphatic rings. The predicted molar refractivity (Wildman–Crippen MR) is 146 cm³/mol. The first-order chi connectivity index (χ1) is 17.5. The molecule has 10 heteroatoms. The Kier molecular flexibility index (Phi) is 15.9. The zero-order valence-corrected chi connectivity index (χ0v) is 23.2. The number of unbranched alkanes of at least 4 members (excludes halogenated alkanes) is 15. The Morgan fingerprint density at radius 2 is 1.39 bits per heavy atom. The van der Waals surface area contributed by atoms with Crippen LogP contribution in [0.1, 0.15) is 110 Å². The summed E-state index contributed by atoms with van der Waals surface area (Å²) in [7, 11) is -3.74. The second-order valence-electron chi connectivity index (χ2n) is 9.68. The maximum absolute atomic E-state index is 12.1. The molecule has 0 saturated carbocycles. The molecule has 9 nitrogen and oxygen atoms in total. The molecule has 0 spiro atoms. The number of nitrogen functional groups attached to an aromatic ring is 1. The number of nitrogens with zero attached hydrogens (tertiary/aromatic N) is 4. The van der Waals surface area contributed by atoms with E-state index in [9.17, 15) is 9.46 Å². The summed E-state index contributed by atoms with van der Waals surface area (Å²) in [5.41, 5.74) is 6.92. The number of imidazole rings is 1. The quantitative estimate of drug-likeness (QED) is 0.119. The molecule has 2 aromatic rings. The average molecular weight is 526 g/mol. The van der Waals surface area contributed by atoms with Gasteiger partial charge in [0.2, 0.25) is 0 Å². The maximum atomic E-state index is 12.1. The van der Waals surface area contributed by atoms with E-state index in [1.807, 2.05) is 0 Å². The number of aromatic nitrogens is 4. The molecule has 0 aromatic carbocycles. The van der Waals surface area contributed by atoms with Crippen molar-refractivity contribution in [3.05, 3.63) is 12.7 Å². The number of hydrogen-bond acceptors (Lipinski definition) is 7. The number of rotatable bonds is 23. The topological polar surface area (TPSA) is 125 Å². The van der Waals surface area contributed by atoms with E-state index in [0.717, 1.165) is 19.3 Å². The van der Waals surface area contributed by atoms with Gasteiger partial charge in [-0.05, 0) is 6.42 Å². The van der Waals surface area contributed by atoms with E-state index in [4.69, 9.17) is 15.0 Å². The first-order valence-corrected chi connectivity index (χ1v) is 15.7. The van der Waals surface area contributed by atoms with Gasteiger partial charge in [0, 0.05) is 6.54 Å². The van der Waals surface area contributed by atoms with Crippen molar-refractivity contribution in [2.24, 2.45) is 0 Å². The fourth-order valence-corrected chi connectivity index (χ4v) is 5.15. The van der Waals surface area contributed by atoms with Gasteiger partial charge >= 0.3 is 7.60 Å². The molecule has 2 aromatic heterocycles. The van der Waals surface area contributed by atoms with E-state index < -0.39 is 7.60 Å². The maximum Gasteiger partial charge on any atom is 0.353 e. The van der Waals surface area contributed by atoms with Crippen molar-refractivity contribution < 1.29 is 18.7 Å². The Bertz CT molecular complexity index is 879. The van der Waals surface area contributed by atoms with Crippen LogP contribution in [0.4, 0.5) is 5.82 Å². The summed E-state index contributed by atoms with van der Waals surface area (Å²) in [5, 5.41) is 0. The monoisotopic (exact) mass is 525 g/mol. The van der Waals surface area contributed by atoms with Crippen LogP contribution in [0.2, 0.25) is 0 Å². The van der Waals surface area contributed by atoms with Gasteiger partial charge in [-0.15, -0.1) is 0 Å². The van der Waals surface area contributed by atoms with Gasteiger partial charge in [-0.25, -0.2) is 15.0 Å². The molecule has 0 amide bonds. The van der Waals surface area contributed by atoms with Crippen molar-refractivity contribution >= 4 is 24.6 Å². The second-order valence-corrected chi connectivity index (χ2v) is 11.5. The van der Waals surface area contributed by atoms with Gasteiger partial charge in [0.15, 0.2) is 11.5 Å². The molecule has 2 heterocycles. The van der Waals surface area contributed by atoms with Crippen LogP contribution in [0.15, 0.2) is 12.7 Å². The number of anilines is 1. The standard InChI is InChI=1S/C26H48N5O4P/c1-2-3-4-5-6-7-8-9-10-11-12-13-14-15-16-17-19-35-36(32,33)23-34-20-18-31-22-30-24-25(27)28-21-29-26(24)31/h21-22H,2-20,23H2,1H3,(H,32,33)(H2,27,28,29). The molecule has 0 aliphatic heterocycles. The lowest BCUT2D eigenvalue weighted by atomic mass is 10.0. The summed E-state index contributed by atoms with van der Waals surface area (Å²) in [6.45, 7) is 3.23. The van der Waals surface area contributed by atoms with Crippen LogP contribution in [0.5, 0.6) is 0 Å². The van der Waals surface area contributed by atoms with Crippen molar-refractivity contribution in [3.63, 3.8) is 0 Å². The minimum absolute atomic E-state index is 0.238. The largest absolute Gasteiger partial charge is 0.382 e. The Hall–Kier alpha value is -1.54. The number of nitrogens with two attached hydrogens (primary N) is 1. The van der Waals surface area contributed by atoms with Gasteiger partial charge in [0.05, 0.1) is 19.5 Å². The minimum Gasteiger partial charge on any atom is -0.382 e. The van der Waals surface area contributed by atoms with E-state index >= 15 is 0 Å². The summed E-state index contributed by atoms with van der Waals surface area (Å²) < 4.78 is 24.5. The number of ether oxygens (including phenoxy) is 1. The molecular weight excluding hydrogens is 477 g/mol. The van der Waals surface area contributed by atoms with Crippen LogP contribution < -0.4 is 5.73 Å². The smallest absolute Gasteiger partial charge is 0.353 e. The average Bonchev–Trinajstić information content (AvgIpc) is 3.28. The summed E-state index contributed by atoms with van der Waals surface area (Å²) in [6, 6.07) is 0. The third kappa shape index (κ3) is 13.1. The lowest BCUT2D eigenvalue weighted by Crippen LogP contribution is -2.08. The summed E-state index contributed by atoms with van der Waals surface area (Å²) in [4.78, 5) is 22.2. The molecule has 1 atom stereocenters. The molecule has 206 valence electrons. The second kappa shape index (κ2) is 18.7. The fraction of sp³-hybridized carbons (Fsp3) is 0.808. The van der Waals surface area contributed by atoms with Crippen LogP contribution in [0.3, 0.4) is 0 Å². The van der Waals surface area contributed by atoms with Crippen molar-refractivity contribution in [1.82, 2.24) is 19.5 Å². The highest BCUT2D eigenvalue weighted by Crippen LogP contribution is 2.41. The van der Waals surface area contributed by atoms with E-state index in [1.165, 1.54) is 89.8 Å². The molecular formula is C26H48N5O4P. The summed E-state index contributed by atoms with van der Waals surface area (Å²) >= 11 is 0. The highest BCUT2D eigenvalue weighted by molar-refractivity contribution is 7.52. The van der Waals surface area contributed by atoms with Gasteiger partial charge < -0.3 is 24.5 Å². The zero-order chi connectivity index (χ0) is 25.9. The first kappa shape index (κ1) is 30.7. The molecule has 0 aliphatic carbocycles. The van der Waals surface area contributed by atoms with Gasteiger partial charge in [-0.3, -0.25) is 4.57 Å². The number of hydrogen-bond donors (Lipinski definition) is 2. The molecule has 0 saturated heterocycles.